The normalized spacial score (nSPS) is 14.2. The molecule has 7 aromatic rings. The highest BCUT2D eigenvalue weighted by Crippen LogP contribution is 2.55. The fourth-order valence-corrected chi connectivity index (χ4v) is 8.64. The molecule has 0 amide bonds. The van der Waals surface area contributed by atoms with Crippen molar-refractivity contribution in [1.82, 2.24) is 0 Å². The summed E-state index contributed by atoms with van der Waals surface area (Å²) in [5.41, 5.74) is 15.8. The van der Waals surface area contributed by atoms with E-state index in [1.165, 1.54) is 55.7 Å². The highest BCUT2D eigenvalue weighted by molar-refractivity contribution is 6.95. The summed E-state index contributed by atoms with van der Waals surface area (Å²) in [5, 5.41) is 0. The number of hydrogen-bond donors (Lipinski definition) is 0. The van der Waals surface area contributed by atoms with E-state index in [0.717, 1.165) is 28.6 Å². The summed E-state index contributed by atoms with van der Waals surface area (Å²) in [4.78, 5) is 7.63. The number of hydrogen-bond acceptors (Lipinski definition) is 4. The zero-order chi connectivity index (χ0) is 31.3. The van der Waals surface area contributed by atoms with Crippen molar-refractivity contribution in [3.63, 3.8) is 0 Å². The SMILES string of the molecule is c1ccc(N2B3c4c(cc5c6c4-c4c(cccc4N3c3ccccc3)N(c3ccccc3)B6c3ccccc3O5)-c3ccccc32)cc1. The van der Waals surface area contributed by atoms with Gasteiger partial charge in [0, 0.05) is 45.3 Å². The van der Waals surface area contributed by atoms with Gasteiger partial charge < -0.3 is 19.2 Å². The van der Waals surface area contributed by atoms with Gasteiger partial charge in [-0.05, 0) is 94.2 Å². The van der Waals surface area contributed by atoms with E-state index in [2.05, 4.69) is 178 Å². The van der Waals surface area contributed by atoms with Crippen LogP contribution in [0.5, 0.6) is 11.5 Å². The van der Waals surface area contributed by atoms with Crippen LogP contribution in [0, 0.1) is 0 Å². The standard InChI is InChI=1S/C42H27B2N3O/c1-4-15-28(16-5-1)45-35-24-14-25-36-39(35)40-41-32(27-38-42(40)43(45)33-22-11-13-26-37(33)48-38)31-21-10-12-23-34(31)46(29-17-6-2-7-18-29)44(41)47(36)30-19-8-3-9-20-30/h1-27H. The average Bonchev–Trinajstić information content (AvgIpc) is 3.16. The average molecular weight is 611 g/mol. The first-order chi connectivity index (χ1) is 23.9. The fourth-order valence-electron chi connectivity index (χ4n) is 8.64. The molecule has 48 heavy (non-hydrogen) atoms. The van der Waals surface area contributed by atoms with Gasteiger partial charge in [0.15, 0.2) is 0 Å². The molecule has 4 heterocycles. The molecule has 222 valence electrons. The van der Waals surface area contributed by atoms with Crippen LogP contribution in [0.3, 0.4) is 0 Å². The lowest BCUT2D eigenvalue weighted by Crippen LogP contribution is -2.67. The largest absolute Gasteiger partial charge is 0.458 e. The zero-order valence-electron chi connectivity index (χ0n) is 26.0. The number of anilines is 6. The summed E-state index contributed by atoms with van der Waals surface area (Å²) in [7, 11) is 0. The van der Waals surface area contributed by atoms with E-state index < -0.39 is 0 Å². The molecule has 11 rings (SSSR count). The van der Waals surface area contributed by atoms with Crippen LogP contribution in [0.1, 0.15) is 0 Å². The second-order valence-corrected chi connectivity index (χ2v) is 12.8. The van der Waals surface area contributed by atoms with Crippen LogP contribution in [-0.4, -0.2) is 13.8 Å². The maximum atomic E-state index is 6.93. The number of para-hydroxylation sites is 5. The van der Waals surface area contributed by atoms with Crippen LogP contribution >= 0.6 is 0 Å². The Balaban J connectivity index is 1.33. The van der Waals surface area contributed by atoms with Gasteiger partial charge in [-0.25, -0.2) is 0 Å². The van der Waals surface area contributed by atoms with E-state index in [4.69, 9.17) is 4.74 Å². The van der Waals surface area contributed by atoms with Crippen molar-refractivity contribution in [3.8, 4) is 33.8 Å². The van der Waals surface area contributed by atoms with Crippen LogP contribution < -0.4 is 35.6 Å². The van der Waals surface area contributed by atoms with E-state index >= 15 is 0 Å². The number of rotatable bonds is 3. The molecular formula is C42H27B2N3O. The molecule has 0 aromatic heterocycles. The Morgan fingerprint density at radius 2 is 0.938 bits per heavy atom. The van der Waals surface area contributed by atoms with Crippen LogP contribution in [-0.2, 0) is 0 Å². The van der Waals surface area contributed by atoms with E-state index in [9.17, 15) is 0 Å². The number of fused-ring (bicyclic) bond motifs is 4. The van der Waals surface area contributed by atoms with Crippen molar-refractivity contribution in [2.45, 2.75) is 0 Å². The quantitative estimate of drug-likeness (QED) is 0.187. The molecule has 4 nitrogen and oxygen atoms in total. The van der Waals surface area contributed by atoms with E-state index in [-0.39, 0.29) is 13.8 Å². The molecule has 4 aliphatic heterocycles. The van der Waals surface area contributed by atoms with Crippen molar-refractivity contribution in [3.05, 3.63) is 164 Å². The van der Waals surface area contributed by atoms with E-state index in [1.54, 1.807) is 0 Å². The monoisotopic (exact) mass is 611 g/mol. The molecule has 0 N–H and O–H groups in total. The Morgan fingerprint density at radius 1 is 0.396 bits per heavy atom. The second kappa shape index (κ2) is 9.69. The van der Waals surface area contributed by atoms with Crippen molar-refractivity contribution in [2.75, 3.05) is 14.4 Å². The lowest BCUT2D eigenvalue weighted by molar-refractivity contribution is 0.487. The Morgan fingerprint density at radius 3 is 1.65 bits per heavy atom. The van der Waals surface area contributed by atoms with Crippen LogP contribution in [0.4, 0.5) is 34.1 Å². The summed E-state index contributed by atoms with van der Waals surface area (Å²) >= 11 is 0. The van der Waals surface area contributed by atoms with Gasteiger partial charge in [0.25, 0.3) is 0 Å². The molecule has 0 saturated heterocycles. The van der Waals surface area contributed by atoms with Gasteiger partial charge in [0.2, 0.25) is 0 Å². The molecule has 0 aliphatic carbocycles. The van der Waals surface area contributed by atoms with Crippen LogP contribution in [0.25, 0.3) is 22.3 Å². The third-order valence-corrected chi connectivity index (χ3v) is 10.4. The molecule has 0 saturated carbocycles. The lowest BCUT2D eigenvalue weighted by Gasteiger charge is -2.52. The van der Waals surface area contributed by atoms with Gasteiger partial charge >= 0.3 is 13.8 Å². The highest BCUT2D eigenvalue weighted by Gasteiger charge is 2.54. The minimum absolute atomic E-state index is 0.0540. The van der Waals surface area contributed by atoms with Gasteiger partial charge in [-0.15, -0.1) is 0 Å². The lowest BCUT2D eigenvalue weighted by atomic mass is 9.41. The maximum Gasteiger partial charge on any atom is 0.421 e. The van der Waals surface area contributed by atoms with Gasteiger partial charge in [0.1, 0.15) is 11.5 Å². The topological polar surface area (TPSA) is 19.0 Å². The third kappa shape index (κ3) is 3.36. The molecule has 0 radical (unpaired) electrons. The molecule has 0 spiro atoms. The Bertz CT molecular complexity index is 2420. The summed E-state index contributed by atoms with van der Waals surface area (Å²) < 4.78 is 6.93. The van der Waals surface area contributed by atoms with Crippen LogP contribution in [0.2, 0.25) is 0 Å². The predicted octanol–water partition coefficient (Wildman–Crippen LogP) is 8.38. The van der Waals surface area contributed by atoms with E-state index in [1.807, 2.05) is 0 Å². The second-order valence-electron chi connectivity index (χ2n) is 12.8. The van der Waals surface area contributed by atoms with Crippen molar-refractivity contribution >= 4 is 64.3 Å². The fraction of sp³-hybridized carbons (Fsp3) is 0. The van der Waals surface area contributed by atoms with Gasteiger partial charge in [0.05, 0.1) is 0 Å². The van der Waals surface area contributed by atoms with Crippen molar-refractivity contribution in [1.29, 1.82) is 0 Å². The number of ether oxygens (including phenoxy) is 1. The molecule has 0 bridgehead atoms. The van der Waals surface area contributed by atoms with Crippen LogP contribution in [0.15, 0.2) is 164 Å². The number of nitrogens with zero attached hydrogens (tertiary/aromatic N) is 3. The molecule has 6 heteroatoms. The summed E-state index contributed by atoms with van der Waals surface area (Å²) in [6.45, 7) is -0.189. The van der Waals surface area contributed by atoms with Gasteiger partial charge in [-0.1, -0.05) is 97.1 Å². The zero-order valence-corrected chi connectivity index (χ0v) is 26.0. The molecule has 0 unspecified atom stereocenters. The molecule has 0 atom stereocenters. The minimum Gasteiger partial charge on any atom is -0.458 e. The Labute approximate surface area is 280 Å². The number of benzene rings is 7. The molecule has 0 fully saturated rings. The predicted molar refractivity (Wildman–Crippen MR) is 200 cm³/mol. The van der Waals surface area contributed by atoms with Crippen molar-refractivity contribution < 1.29 is 4.74 Å². The minimum atomic E-state index is -0.135. The summed E-state index contributed by atoms with van der Waals surface area (Å²) in [6, 6.07) is 59.2. The smallest absolute Gasteiger partial charge is 0.421 e. The van der Waals surface area contributed by atoms with E-state index in [0.29, 0.717) is 0 Å². The third-order valence-electron chi connectivity index (χ3n) is 10.4. The first-order valence-corrected chi connectivity index (χ1v) is 16.6. The van der Waals surface area contributed by atoms with Gasteiger partial charge in [-0.2, -0.15) is 0 Å². The molecule has 7 aromatic carbocycles. The first-order valence-electron chi connectivity index (χ1n) is 16.6. The highest BCUT2D eigenvalue weighted by atomic mass is 16.5. The summed E-state index contributed by atoms with van der Waals surface area (Å²) in [5.74, 6) is 1.85. The Hall–Kier alpha value is -6.13. The van der Waals surface area contributed by atoms with Gasteiger partial charge in [-0.3, -0.25) is 0 Å². The molecule has 4 aliphatic rings. The maximum absolute atomic E-state index is 6.93. The summed E-state index contributed by atoms with van der Waals surface area (Å²) in [6.07, 6.45) is 0. The Kier molecular flexibility index (Phi) is 5.25. The first kappa shape index (κ1) is 26.0. The molecular weight excluding hydrogens is 584 g/mol. The van der Waals surface area contributed by atoms with Crippen molar-refractivity contribution in [2.24, 2.45) is 0 Å².